The predicted molar refractivity (Wildman–Crippen MR) is 95.4 cm³/mol. The van der Waals surface area contributed by atoms with E-state index in [-0.39, 0.29) is 11.6 Å². The normalized spacial score (nSPS) is 17.7. The van der Waals surface area contributed by atoms with E-state index in [1.54, 1.807) is 16.7 Å². The van der Waals surface area contributed by atoms with Crippen molar-refractivity contribution in [1.82, 2.24) is 24.5 Å². The summed E-state index contributed by atoms with van der Waals surface area (Å²) in [6.45, 7) is 9.79. The zero-order chi connectivity index (χ0) is 17.6. The second-order valence-electron chi connectivity index (χ2n) is 6.58. The lowest BCUT2D eigenvalue weighted by molar-refractivity contribution is 0.0863. The van der Waals surface area contributed by atoms with Crippen LogP contribution >= 0.6 is 0 Å². The molecule has 1 saturated heterocycles. The molecule has 0 radical (unpaired) electrons. The Morgan fingerprint density at radius 2 is 2.00 bits per heavy atom. The lowest BCUT2D eigenvalue weighted by atomic mass is 10.2. The molecule has 0 N–H and O–H groups in total. The van der Waals surface area contributed by atoms with E-state index in [2.05, 4.69) is 33.8 Å². The zero-order valence-electron chi connectivity index (χ0n) is 15.1. The Labute approximate surface area is 148 Å². The van der Waals surface area contributed by atoms with Crippen molar-refractivity contribution >= 4 is 0 Å². The minimum Gasteiger partial charge on any atom is -0.338 e. The first kappa shape index (κ1) is 17.8. The number of aromatic nitrogens is 3. The summed E-state index contributed by atoms with van der Waals surface area (Å²) >= 11 is 0. The van der Waals surface area contributed by atoms with Crippen molar-refractivity contribution in [2.75, 3.05) is 32.7 Å². The molecular formula is C18H27N5O2. The van der Waals surface area contributed by atoms with Crippen LogP contribution in [-0.2, 0) is 13.0 Å². The molecule has 2 aromatic rings. The number of hydrogen-bond acceptors (Lipinski definition) is 6. The maximum Gasteiger partial charge on any atom is 0.250 e. The summed E-state index contributed by atoms with van der Waals surface area (Å²) in [5.74, 6) is 1.52. The summed E-state index contributed by atoms with van der Waals surface area (Å²) in [5.41, 5.74) is 0.0639. The summed E-state index contributed by atoms with van der Waals surface area (Å²) in [6, 6.07) is 5.44. The van der Waals surface area contributed by atoms with Crippen molar-refractivity contribution in [1.29, 1.82) is 0 Å². The molecule has 25 heavy (non-hydrogen) atoms. The molecule has 1 aliphatic heterocycles. The van der Waals surface area contributed by atoms with Gasteiger partial charge in [0.2, 0.25) is 5.89 Å². The molecule has 1 atom stereocenters. The second kappa shape index (κ2) is 8.40. The highest BCUT2D eigenvalue weighted by Crippen LogP contribution is 2.20. The molecule has 1 fully saturated rings. The first-order chi connectivity index (χ1) is 12.2. The van der Waals surface area contributed by atoms with Gasteiger partial charge in [0, 0.05) is 58.0 Å². The van der Waals surface area contributed by atoms with Crippen LogP contribution in [0.3, 0.4) is 0 Å². The van der Waals surface area contributed by atoms with Gasteiger partial charge in [-0.1, -0.05) is 18.1 Å². The fraction of sp³-hybridized carbons (Fsp3) is 0.611. The third-order valence-corrected chi connectivity index (χ3v) is 4.83. The van der Waals surface area contributed by atoms with Crippen LogP contribution in [0.5, 0.6) is 0 Å². The Kier molecular flexibility index (Phi) is 5.99. The molecule has 0 saturated carbocycles. The molecule has 0 aliphatic carbocycles. The molecule has 1 aliphatic rings. The van der Waals surface area contributed by atoms with Crippen LogP contribution < -0.4 is 5.56 Å². The number of piperazine rings is 1. The Balaban J connectivity index is 1.47. The maximum atomic E-state index is 11.8. The van der Waals surface area contributed by atoms with E-state index in [0.29, 0.717) is 5.89 Å². The van der Waals surface area contributed by atoms with Gasteiger partial charge in [-0.3, -0.25) is 14.6 Å². The lowest BCUT2D eigenvalue weighted by Gasteiger charge is -2.36. The number of rotatable bonds is 7. The highest BCUT2D eigenvalue weighted by atomic mass is 16.5. The third kappa shape index (κ3) is 4.55. The minimum absolute atomic E-state index is 0.0639. The van der Waals surface area contributed by atoms with E-state index in [0.717, 1.165) is 57.9 Å². The second-order valence-corrected chi connectivity index (χ2v) is 6.58. The van der Waals surface area contributed by atoms with Crippen molar-refractivity contribution in [3.05, 3.63) is 46.5 Å². The Morgan fingerprint density at radius 1 is 1.20 bits per heavy atom. The van der Waals surface area contributed by atoms with Crippen molar-refractivity contribution in [2.24, 2.45) is 0 Å². The van der Waals surface area contributed by atoms with Crippen LogP contribution in [0.15, 0.2) is 33.7 Å². The van der Waals surface area contributed by atoms with Gasteiger partial charge >= 0.3 is 0 Å². The topological polar surface area (TPSA) is 67.4 Å². The summed E-state index contributed by atoms with van der Waals surface area (Å²) in [4.78, 5) is 21.0. The monoisotopic (exact) mass is 345 g/mol. The average molecular weight is 345 g/mol. The molecule has 0 amide bonds. The van der Waals surface area contributed by atoms with Crippen LogP contribution in [-0.4, -0.2) is 57.2 Å². The van der Waals surface area contributed by atoms with Gasteiger partial charge in [0.05, 0.1) is 6.04 Å². The number of nitrogens with zero attached hydrogens (tertiary/aromatic N) is 5. The molecule has 0 bridgehead atoms. The molecule has 2 aromatic heterocycles. The third-order valence-electron chi connectivity index (χ3n) is 4.83. The Hall–Kier alpha value is -1.99. The average Bonchev–Trinajstić information content (AvgIpc) is 3.10. The molecule has 0 spiro atoms. The van der Waals surface area contributed by atoms with E-state index in [1.165, 1.54) is 0 Å². The van der Waals surface area contributed by atoms with E-state index in [1.807, 2.05) is 12.3 Å². The number of pyridine rings is 1. The Morgan fingerprint density at radius 3 is 2.72 bits per heavy atom. The predicted octanol–water partition coefficient (Wildman–Crippen LogP) is 1.56. The van der Waals surface area contributed by atoms with Gasteiger partial charge in [-0.2, -0.15) is 4.98 Å². The van der Waals surface area contributed by atoms with Crippen LogP contribution in [0.1, 0.15) is 38.0 Å². The highest BCUT2D eigenvalue weighted by molar-refractivity contribution is 4.94. The maximum absolute atomic E-state index is 11.8. The summed E-state index contributed by atoms with van der Waals surface area (Å²) in [6.07, 6.45) is 3.74. The molecule has 0 unspecified atom stereocenters. The van der Waals surface area contributed by atoms with E-state index in [9.17, 15) is 4.79 Å². The molecule has 3 rings (SSSR count). The first-order valence-corrected chi connectivity index (χ1v) is 9.11. The van der Waals surface area contributed by atoms with Crippen molar-refractivity contribution in [3.63, 3.8) is 0 Å². The minimum atomic E-state index is 0.0639. The molecular weight excluding hydrogens is 318 g/mol. The number of aryl methyl sites for hydroxylation is 1. The van der Waals surface area contributed by atoms with E-state index in [4.69, 9.17) is 4.52 Å². The van der Waals surface area contributed by atoms with Crippen LogP contribution in [0.2, 0.25) is 0 Å². The zero-order valence-corrected chi connectivity index (χ0v) is 15.1. The van der Waals surface area contributed by atoms with Crippen molar-refractivity contribution in [3.8, 4) is 0 Å². The SMILES string of the molecule is CCCc1noc([C@@H](C)N2CCN(CCn3ccccc3=O)CC2)n1. The molecule has 0 aromatic carbocycles. The molecule has 7 heteroatoms. The van der Waals surface area contributed by atoms with Gasteiger partial charge in [-0.15, -0.1) is 0 Å². The highest BCUT2D eigenvalue weighted by Gasteiger charge is 2.25. The summed E-state index contributed by atoms with van der Waals surface area (Å²) in [7, 11) is 0. The molecule has 3 heterocycles. The van der Waals surface area contributed by atoms with Gasteiger partial charge < -0.3 is 9.09 Å². The van der Waals surface area contributed by atoms with Gasteiger partial charge in [-0.05, 0) is 19.4 Å². The fourth-order valence-electron chi connectivity index (χ4n) is 3.19. The van der Waals surface area contributed by atoms with E-state index >= 15 is 0 Å². The number of hydrogen-bond donors (Lipinski definition) is 0. The quantitative estimate of drug-likeness (QED) is 0.759. The van der Waals surface area contributed by atoms with E-state index < -0.39 is 0 Å². The van der Waals surface area contributed by atoms with Crippen LogP contribution in [0, 0.1) is 0 Å². The molecule has 7 nitrogen and oxygen atoms in total. The standard InChI is InChI=1S/C18H27N5O2/c1-3-6-16-19-18(25-20-16)15(2)22-12-9-21(10-13-22)11-14-23-8-5-4-7-17(23)24/h4-5,7-8,15H,3,6,9-14H2,1-2H3/t15-/m1/s1. The fourth-order valence-corrected chi connectivity index (χ4v) is 3.19. The lowest BCUT2D eigenvalue weighted by Crippen LogP contribution is -2.48. The summed E-state index contributed by atoms with van der Waals surface area (Å²) in [5, 5.41) is 4.05. The van der Waals surface area contributed by atoms with Crippen LogP contribution in [0.4, 0.5) is 0 Å². The Bertz CT molecular complexity index is 718. The summed E-state index contributed by atoms with van der Waals surface area (Å²) < 4.78 is 7.19. The van der Waals surface area contributed by atoms with Gasteiger partial charge in [0.25, 0.3) is 5.56 Å². The van der Waals surface area contributed by atoms with Gasteiger partial charge in [0.1, 0.15) is 0 Å². The van der Waals surface area contributed by atoms with Gasteiger partial charge in [-0.25, -0.2) is 0 Å². The largest absolute Gasteiger partial charge is 0.338 e. The first-order valence-electron chi connectivity index (χ1n) is 9.11. The van der Waals surface area contributed by atoms with Crippen molar-refractivity contribution in [2.45, 2.75) is 39.3 Å². The molecule has 136 valence electrons. The van der Waals surface area contributed by atoms with Crippen molar-refractivity contribution < 1.29 is 4.52 Å². The van der Waals surface area contributed by atoms with Gasteiger partial charge in [0.15, 0.2) is 5.82 Å². The van der Waals surface area contributed by atoms with Crippen LogP contribution in [0.25, 0.3) is 0 Å². The smallest absolute Gasteiger partial charge is 0.250 e.